The van der Waals surface area contributed by atoms with E-state index >= 15 is 0 Å². The number of thioether (sulfide) groups is 1. The van der Waals surface area contributed by atoms with Crippen LogP contribution in [0.5, 0.6) is 0 Å². The molecule has 0 aromatic carbocycles. The van der Waals surface area contributed by atoms with E-state index < -0.39 is 0 Å². The third kappa shape index (κ3) is 1.67. The molecule has 0 saturated carbocycles. The Morgan fingerprint density at radius 1 is 1.36 bits per heavy atom. The molecule has 2 rings (SSSR count). The minimum atomic E-state index is 0.552. The summed E-state index contributed by atoms with van der Waals surface area (Å²) in [5.74, 6) is 0.963. The van der Waals surface area contributed by atoms with Gasteiger partial charge < -0.3 is 5.73 Å². The monoisotopic (exact) mass is 226 g/mol. The first-order valence-electron chi connectivity index (χ1n) is 4.24. The number of hydrogen-bond donors (Lipinski definition) is 1. The van der Waals surface area contributed by atoms with Crippen molar-refractivity contribution >= 4 is 38.6 Å². The third-order valence-corrected chi connectivity index (χ3v) is 3.40. The summed E-state index contributed by atoms with van der Waals surface area (Å²) in [4.78, 5) is 12.8. The second-order valence-electron chi connectivity index (χ2n) is 2.73. The molecule has 14 heavy (non-hydrogen) atoms. The van der Waals surface area contributed by atoms with Crippen molar-refractivity contribution in [2.45, 2.75) is 19.0 Å². The molecule has 0 amide bonds. The zero-order valence-corrected chi connectivity index (χ0v) is 9.58. The van der Waals surface area contributed by atoms with E-state index in [0.29, 0.717) is 5.13 Å². The molecule has 0 aliphatic carbocycles. The summed E-state index contributed by atoms with van der Waals surface area (Å²) in [6.45, 7) is 4.03. The number of aryl methyl sites for hydroxylation is 1. The quantitative estimate of drug-likeness (QED) is 0.627. The van der Waals surface area contributed by atoms with Gasteiger partial charge in [0.25, 0.3) is 0 Å². The van der Waals surface area contributed by atoms with Crippen molar-refractivity contribution in [3.63, 3.8) is 0 Å². The number of nitrogen functional groups attached to an aromatic ring is 1. The van der Waals surface area contributed by atoms with Crippen LogP contribution in [0.2, 0.25) is 0 Å². The van der Waals surface area contributed by atoms with Gasteiger partial charge in [-0.3, -0.25) is 0 Å². The lowest BCUT2D eigenvalue weighted by Gasteiger charge is -1.98. The van der Waals surface area contributed by atoms with Crippen LogP contribution in [0.1, 0.15) is 12.6 Å². The first-order valence-corrected chi connectivity index (χ1v) is 6.04. The summed E-state index contributed by atoms with van der Waals surface area (Å²) in [5, 5.41) is 1.33. The number of hydrogen-bond acceptors (Lipinski definition) is 6. The van der Waals surface area contributed by atoms with Crippen molar-refractivity contribution < 1.29 is 0 Å². The number of anilines is 1. The largest absolute Gasteiger partial charge is 0.375 e. The highest BCUT2D eigenvalue weighted by molar-refractivity contribution is 7.99. The number of fused-ring (bicyclic) bond motifs is 1. The summed E-state index contributed by atoms with van der Waals surface area (Å²) >= 11 is 3.05. The van der Waals surface area contributed by atoms with E-state index in [0.717, 1.165) is 27.0 Å². The van der Waals surface area contributed by atoms with E-state index in [1.54, 1.807) is 11.8 Å². The Bertz CT molecular complexity index is 466. The molecule has 2 heterocycles. The van der Waals surface area contributed by atoms with Crippen LogP contribution in [-0.2, 0) is 0 Å². The number of nitrogens with two attached hydrogens (primary N) is 1. The van der Waals surface area contributed by atoms with Gasteiger partial charge >= 0.3 is 0 Å². The Balaban J connectivity index is 2.59. The fourth-order valence-electron chi connectivity index (χ4n) is 1.14. The van der Waals surface area contributed by atoms with Gasteiger partial charge in [-0.05, 0) is 12.7 Å². The summed E-state index contributed by atoms with van der Waals surface area (Å²) in [5.41, 5.74) is 7.29. The molecule has 74 valence electrons. The fraction of sp³-hybridized carbons (Fsp3) is 0.375. The van der Waals surface area contributed by atoms with E-state index in [4.69, 9.17) is 5.73 Å². The van der Waals surface area contributed by atoms with Gasteiger partial charge in [-0.15, -0.1) is 0 Å². The van der Waals surface area contributed by atoms with Gasteiger partial charge in [0.1, 0.15) is 0 Å². The van der Waals surface area contributed by atoms with E-state index in [-0.39, 0.29) is 0 Å². The number of aromatic nitrogens is 3. The van der Waals surface area contributed by atoms with Crippen molar-refractivity contribution in [3.8, 4) is 0 Å². The highest BCUT2D eigenvalue weighted by Crippen LogP contribution is 2.26. The first kappa shape index (κ1) is 9.67. The molecule has 0 fully saturated rings. The molecule has 2 aromatic rings. The molecule has 0 saturated heterocycles. The average molecular weight is 226 g/mol. The van der Waals surface area contributed by atoms with E-state index in [2.05, 4.69) is 21.9 Å². The van der Waals surface area contributed by atoms with Gasteiger partial charge in [-0.25, -0.2) is 15.0 Å². The lowest BCUT2D eigenvalue weighted by atomic mass is 10.4. The Labute approximate surface area is 90.0 Å². The van der Waals surface area contributed by atoms with E-state index in [9.17, 15) is 0 Å². The average Bonchev–Trinajstić information content (AvgIpc) is 2.47. The van der Waals surface area contributed by atoms with Crippen LogP contribution < -0.4 is 5.73 Å². The molecule has 0 spiro atoms. The molecule has 0 unspecified atom stereocenters. The highest BCUT2D eigenvalue weighted by atomic mass is 32.2. The Morgan fingerprint density at radius 2 is 2.14 bits per heavy atom. The van der Waals surface area contributed by atoms with Crippen LogP contribution in [0, 0.1) is 6.92 Å². The maximum Gasteiger partial charge on any atom is 0.189 e. The zero-order chi connectivity index (χ0) is 10.1. The second-order valence-corrected chi connectivity index (χ2v) is 4.99. The van der Waals surface area contributed by atoms with Crippen LogP contribution in [0.15, 0.2) is 5.16 Å². The van der Waals surface area contributed by atoms with Gasteiger partial charge in [0, 0.05) is 0 Å². The highest BCUT2D eigenvalue weighted by Gasteiger charge is 2.08. The topological polar surface area (TPSA) is 64.7 Å². The number of thiazole rings is 1. The lowest BCUT2D eigenvalue weighted by Crippen LogP contribution is -1.91. The minimum Gasteiger partial charge on any atom is -0.375 e. The predicted molar refractivity (Wildman–Crippen MR) is 60.8 cm³/mol. The molecule has 6 heteroatoms. The van der Waals surface area contributed by atoms with Gasteiger partial charge in [0.15, 0.2) is 15.9 Å². The lowest BCUT2D eigenvalue weighted by molar-refractivity contribution is 0.964. The molecular weight excluding hydrogens is 216 g/mol. The first-order chi connectivity index (χ1) is 6.70. The standard InChI is InChI=1S/C8H10N4S2/c1-3-13-8-10-4(2)5-6(12-8)11-7(9)14-5/h3H2,1-2H3,(H2,9,10,11,12). The minimum absolute atomic E-state index is 0.552. The maximum atomic E-state index is 5.62. The van der Waals surface area contributed by atoms with Gasteiger partial charge in [0.2, 0.25) is 0 Å². The fourth-order valence-corrected chi connectivity index (χ4v) is 2.47. The molecule has 0 aliphatic rings. The van der Waals surface area contributed by atoms with Crippen LogP contribution >= 0.6 is 23.1 Å². The third-order valence-electron chi connectivity index (χ3n) is 1.69. The molecule has 4 nitrogen and oxygen atoms in total. The molecule has 0 atom stereocenters. The van der Waals surface area contributed by atoms with E-state index in [1.807, 2.05) is 6.92 Å². The summed E-state index contributed by atoms with van der Waals surface area (Å²) in [6, 6.07) is 0. The van der Waals surface area contributed by atoms with Crippen LogP contribution in [-0.4, -0.2) is 20.7 Å². The van der Waals surface area contributed by atoms with Gasteiger partial charge in [-0.2, -0.15) is 0 Å². The van der Waals surface area contributed by atoms with Crippen LogP contribution in [0.3, 0.4) is 0 Å². The van der Waals surface area contributed by atoms with Crippen LogP contribution in [0.4, 0.5) is 5.13 Å². The molecule has 2 aromatic heterocycles. The number of rotatable bonds is 2. The van der Waals surface area contributed by atoms with Crippen LogP contribution in [0.25, 0.3) is 10.3 Å². The van der Waals surface area contributed by atoms with Gasteiger partial charge in [-0.1, -0.05) is 30.0 Å². The summed E-state index contributed by atoms with van der Waals surface area (Å²) in [6.07, 6.45) is 0. The second kappa shape index (κ2) is 3.70. The Hall–Kier alpha value is -0.880. The molecule has 0 radical (unpaired) electrons. The summed E-state index contributed by atoms with van der Waals surface area (Å²) in [7, 11) is 0. The van der Waals surface area contributed by atoms with Crippen molar-refractivity contribution in [1.29, 1.82) is 0 Å². The smallest absolute Gasteiger partial charge is 0.189 e. The Kier molecular flexibility index (Phi) is 2.56. The maximum absolute atomic E-state index is 5.62. The molecular formula is C8H10N4S2. The van der Waals surface area contributed by atoms with Gasteiger partial charge in [0.05, 0.1) is 10.4 Å². The Morgan fingerprint density at radius 3 is 2.86 bits per heavy atom. The number of nitrogens with zero attached hydrogens (tertiary/aromatic N) is 3. The van der Waals surface area contributed by atoms with Crippen molar-refractivity contribution in [1.82, 2.24) is 15.0 Å². The zero-order valence-electron chi connectivity index (χ0n) is 7.94. The van der Waals surface area contributed by atoms with Crippen molar-refractivity contribution in [3.05, 3.63) is 5.69 Å². The van der Waals surface area contributed by atoms with Crippen molar-refractivity contribution in [2.75, 3.05) is 11.5 Å². The molecule has 0 aliphatic heterocycles. The normalized spacial score (nSPS) is 11.0. The SMILES string of the molecule is CCSc1nc(C)c2sc(N)nc2n1. The molecule has 0 bridgehead atoms. The molecule has 2 N–H and O–H groups in total. The summed E-state index contributed by atoms with van der Waals surface area (Å²) < 4.78 is 0.989. The van der Waals surface area contributed by atoms with E-state index in [1.165, 1.54) is 11.3 Å². The predicted octanol–water partition coefficient (Wildman–Crippen LogP) is 2.09. The van der Waals surface area contributed by atoms with Crippen molar-refractivity contribution in [2.24, 2.45) is 0 Å².